The van der Waals surface area contributed by atoms with Crippen LogP contribution in [0.4, 0.5) is 5.82 Å². The zero-order valence-electron chi connectivity index (χ0n) is 12.9. The van der Waals surface area contributed by atoms with Crippen LogP contribution in [0.1, 0.15) is 43.2 Å². The summed E-state index contributed by atoms with van der Waals surface area (Å²) in [7, 11) is 0. The van der Waals surface area contributed by atoms with Crippen LogP contribution in [0.3, 0.4) is 0 Å². The van der Waals surface area contributed by atoms with Gasteiger partial charge < -0.3 is 16.2 Å². The molecule has 6 nitrogen and oxygen atoms in total. The van der Waals surface area contributed by atoms with Crippen molar-refractivity contribution in [2.75, 3.05) is 11.9 Å². The van der Waals surface area contributed by atoms with Crippen molar-refractivity contribution in [1.82, 2.24) is 4.98 Å². The van der Waals surface area contributed by atoms with Crippen molar-refractivity contribution in [3.63, 3.8) is 0 Å². The summed E-state index contributed by atoms with van der Waals surface area (Å²) in [6, 6.07) is 3.28. The van der Waals surface area contributed by atoms with E-state index in [4.69, 9.17) is 5.73 Å². The van der Waals surface area contributed by atoms with Crippen LogP contribution in [0.2, 0.25) is 0 Å². The first-order valence-electron chi connectivity index (χ1n) is 6.84. The van der Waals surface area contributed by atoms with E-state index in [0.717, 1.165) is 5.69 Å². The molecular formula is C15H23N3O3. The van der Waals surface area contributed by atoms with E-state index in [9.17, 15) is 14.7 Å². The number of pyridine rings is 1. The Kier molecular flexibility index (Phi) is 5.29. The summed E-state index contributed by atoms with van der Waals surface area (Å²) in [5.41, 5.74) is 6.19. The van der Waals surface area contributed by atoms with Gasteiger partial charge in [-0.3, -0.25) is 9.59 Å². The molecule has 4 N–H and O–H groups in total. The number of nitrogens with one attached hydrogen (secondary N) is 1. The Balaban J connectivity index is 2.87. The van der Waals surface area contributed by atoms with Crippen LogP contribution in [0, 0.1) is 18.3 Å². The van der Waals surface area contributed by atoms with Gasteiger partial charge in [-0.1, -0.05) is 20.8 Å². The van der Waals surface area contributed by atoms with Gasteiger partial charge in [0.05, 0.1) is 11.5 Å². The second-order valence-electron chi connectivity index (χ2n) is 6.39. The quantitative estimate of drug-likeness (QED) is 0.744. The molecule has 0 saturated heterocycles. The molecule has 1 heterocycles. The van der Waals surface area contributed by atoms with Crippen LogP contribution in [0.5, 0.6) is 0 Å². The zero-order valence-corrected chi connectivity index (χ0v) is 12.9. The minimum Gasteiger partial charge on any atom is -0.481 e. The highest BCUT2D eigenvalue weighted by Gasteiger charge is 2.25. The maximum atomic E-state index is 11.4. The molecule has 0 saturated carbocycles. The van der Waals surface area contributed by atoms with Crippen molar-refractivity contribution in [3.8, 4) is 0 Å². The van der Waals surface area contributed by atoms with E-state index in [1.54, 1.807) is 19.1 Å². The Morgan fingerprint density at radius 1 is 1.38 bits per heavy atom. The molecule has 0 spiro atoms. The van der Waals surface area contributed by atoms with E-state index in [1.165, 1.54) is 0 Å². The minimum atomic E-state index is -0.870. The van der Waals surface area contributed by atoms with Gasteiger partial charge in [-0.15, -0.1) is 0 Å². The SMILES string of the molecule is Cc1ccc(C(N)=O)c(NCC(CC(C)(C)C)C(=O)O)n1. The zero-order chi connectivity index (χ0) is 16.2. The number of nitrogens with zero attached hydrogens (tertiary/aromatic N) is 1. The number of hydrogen-bond acceptors (Lipinski definition) is 4. The largest absolute Gasteiger partial charge is 0.481 e. The van der Waals surface area contributed by atoms with Crippen molar-refractivity contribution >= 4 is 17.7 Å². The van der Waals surface area contributed by atoms with Gasteiger partial charge in [0.25, 0.3) is 5.91 Å². The molecule has 1 amide bonds. The average Bonchev–Trinajstić information content (AvgIpc) is 2.32. The number of carboxylic acids is 1. The second-order valence-corrected chi connectivity index (χ2v) is 6.39. The molecule has 1 atom stereocenters. The number of amides is 1. The summed E-state index contributed by atoms with van der Waals surface area (Å²) in [5, 5.41) is 12.2. The average molecular weight is 293 g/mol. The number of nitrogens with two attached hydrogens (primary N) is 1. The highest BCUT2D eigenvalue weighted by Crippen LogP contribution is 2.25. The number of primary amides is 1. The number of hydrogen-bond donors (Lipinski definition) is 3. The third-order valence-electron chi connectivity index (χ3n) is 3.02. The molecule has 0 aliphatic carbocycles. The number of rotatable bonds is 6. The van der Waals surface area contributed by atoms with Crippen LogP contribution in [-0.2, 0) is 4.79 Å². The fraction of sp³-hybridized carbons (Fsp3) is 0.533. The Morgan fingerprint density at radius 2 is 2.00 bits per heavy atom. The monoisotopic (exact) mass is 293 g/mol. The number of carbonyl (C=O) groups is 2. The highest BCUT2D eigenvalue weighted by atomic mass is 16.4. The molecule has 1 aromatic rings. The van der Waals surface area contributed by atoms with Crippen molar-refractivity contribution in [2.24, 2.45) is 17.1 Å². The van der Waals surface area contributed by atoms with E-state index in [2.05, 4.69) is 10.3 Å². The third-order valence-corrected chi connectivity index (χ3v) is 3.02. The van der Waals surface area contributed by atoms with Gasteiger partial charge in [0, 0.05) is 12.2 Å². The molecule has 0 aliphatic rings. The first-order chi connectivity index (χ1) is 9.60. The molecule has 0 aliphatic heterocycles. The standard InChI is InChI=1S/C15H23N3O3/c1-9-5-6-11(12(16)19)13(18-9)17-8-10(14(20)21)7-15(2,3)4/h5-6,10H,7-8H2,1-4H3,(H2,16,19)(H,17,18)(H,20,21). The maximum Gasteiger partial charge on any atom is 0.308 e. The van der Waals surface area contributed by atoms with Crippen molar-refractivity contribution < 1.29 is 14.7 Å². The summed E-state index contributed by atoms with van der Waals surface area (Å²) in [4.78, 5) is 26.9. The van der Waals surface area contributed by atoms with Crippen LogP contribution >= 0.6 is 0 Å². The second kappa shape index (κ2) is 6.56. The number of aryl methyl sites for hydroxylation is 1. The van der Waals surface area contributed by atoms with Crippen LogP contribution < -0.4 is 11.1 Å². The van der Waals surface area contributed by atoms with Gasteiger partial charge in [0.1, 0.15) is 5.82 Å². The Hall–Kier alpha value is -2.11. The molecule has 1 aromatic heterocycles. The lowest BCUT2D eigenvalue weighted by atomic mass is 9.84. The molecule has 1 rings (SSSR count). The first-order valence-corrected chi connectivity index (χ1v) is 6.84. The topological polar surface area (TPSA) is 105 Å². The summed E-state index contributed by atoms with van der Waals surface area (Å²) >= 11 is 0. The number of anilines is 1. The fourth-order valence-corrected chi connectivity index (χ4v) is 2.10. The van der Waals surface area contributed by atoms with E-state index in [0.29, 0.717) is 12.2 Å². The Bertz CT molecular complexity index is 535. The predicted octanol–water partition coefficient (Wildman–Crippen LogP) is 2.04. The number of carboxylic acid groups (broad SMARTS) is 1. The minimum absolute atomic E-state index is 0.0999. The van der Waals surface area contributed by atoms with Gasteiger partial charge in [-0.05, 0) is 30.9 Å². The lowest BCUT2D eigenvalue weighted by Gasteiger charge is -2.23. The Labute approximate surface area is 124 Å². The molecular weight excluding hydrogens is 270 g/mol. The van der Waals surface area contributed by atoms with Gasteiger partial charge >= 0.3 is 5.97 Å². The predicted molar refractivity (Wildman–Crippen MR) is 81.2 cm³/mol. The van der Waals surface area contributed by atoms with Gasteiger partial charge in [-0.25, -0.2) is 4.98 Å². The maximum absolute atomic E-state index is 11.4. The normalized spacial score (nSPS) is 12.8. The molecule has 0 bridgehead atoms. The van der Waals surface area contributed by atoms with Gasteiger partial charge in [-0.2, -0.15) is 0 Å². The summed E-state index contributed by atoms with van der Waals surface area (Å²) in [6.07, 6.45) is 0.521. The summed E-state index contributed by atoms with van der Waals surface area (Å²) in [5.74, 6) is -1.69. The smallest absolute Gasteiger partial charge is 0.308 e. The van der Waals surface area contributed by atoms with Crippen molar-refractivity contribution in [1.29, 1.82) is 0 Å². The van der Waals surface area contributed by atoms with Crippen LogP contribution in [0.25, 0.3) is 0 Å². The molecule has 0 radical (unpaired) electrons. The molecule has 21 heavy (non-hydrogen) atoms. The number of carbonyl (C=O) groups excluding carboxylic acids is 1. The van der Waals surface area contributed by atoms with E-state index in [1.807, 2.05) is 20.8 Å². The van der Waals surface area contributed by atoms with Gasteiger partial charge in [0.2, 0.25) is 0 Å². The summed E-state index contributed by atoms with van der Waals surface area (Å²) < 4.78 is 0. The van der Waals surface area contributed by atoms with Gasteiger partial charge in [0.15, 0.2) is 0 Å². The number of aliphatic carboxylic acids is 1. The highest BCUT2D eigenvalue weighted by molar-refractivity contribution is 5.97. The first kappa shape index (κ1) is 16.9. The van der Waals surface area contributed by atoms with Crippen LogP contribution in [0.15, 0.2) is 12.1 Å². The fourth-order valence-electron chi connectivity index (χ4n) is 2.10. The lowest BCUT2D eigenvalue weighted by Crippen LogP contribution is -2.28. The molecule has 1 unspecified atom stereocenters. The third kappa shape index (κ3) is 5.41. The van der Waals surface area contributed by atoms with Crippen molar-refractivity contribution in [3.05, 3.63) is 23.4 Å². The van der Waals surface area contributed by atoms with Crippen molar-refractivity contribution in [2.45, 2.75) is 34.1 Å². The van der Waals surface area contributed by atoms with Crippen LogP contribution in [-0.4, -0.2) is 28.5 Å². The molecule has 0 fully saturated rings. The Morgan fingerprint density at radius 3 is 2.48 bits per heavy atom. The molecule has 116 valence electrons. The molecule has 6 heteroatoms. The molecule has 0 aromatic carbocycles. The van der Waals surface area contributed by atoms with E-state index < -0.39 is 17.8 Å². The lowest BCUT2D eigenvalue weighted by molar-refractivity contribution is -0.142. The summed E-state index contributed by atoms with van der Waals surface area (Å²) in [6.45, 7) is 7.96. The van der Waals surface area contributed by atoms with E-state index >= 15 is 0 Å². The number of aromatic nitrogens is 1. The van der Waals surface area contributed by atoms with E-state index in [-0.39, 0.29) is 17.5 Å².